The molecule has 0 spiro atoms. The van der Waals surface area contributed by atoms with Gasteiger partial charge < -0.3 is 25.3 Å². The van der Waals surface area contributed by atoms with Gasteiger partial charge in [-0.1, -0.05) is 11.8 Å². The van der Waals surface area contributed by atoms with E-state index in [0.717, 1.165) is 4.57 Å². The molecule has 1 aliphatic heterocycles. The van der Waals surface area contributed by atoms with Crippen molar-refractivity contribution >= 4 is 17.0 Å². The summed E-state index contributed by atoms with van der Waals surface area (Å²) in [5, 5.41) is 19.4. The quantitative estimate of drug-likeness (QED) is 0.532. The molecule has 8 nitrogen and oxygen atoms in total. The van der Waals surface area contributed by atoms with Gasteiger partial charge in [0.15, 0.2) is 11.9 Å². The Hall–Kier alpha value is -2.48. The highest BCUT2D eigenvalue weighted by Crippen LogP contribution is 2.42. The summed E-state index contributed by atoms with van der Waals surface area (Å²) >= 11 is 0. The normalized spacial score (nSPS) is 29.6. The lowest BCUT2D eigenvalue weighted by molar-refractivity contribution is -0.0501. The van der Waals surface area contributed by atoms with Crippen LogP contribution in [0.2, 0.25) is 0 Å². The first-order chi connectivity index (χ1) is 11.4. The second kappa shape index (κ2) is 5.86. The zero-order valence-corrected chi connectivity index (χ0v) is 12.2. The third-order valence-electron chi connectivity index (χ3n) is 3.82. The molecule has 10 heteroatoms. The SMILES string of the molecule is Nc1nc2c(ccn2[C@@H]2O[C@H](CO)[C@H](O)C2(F)C#CCF)c(=O)[nH]1. The number of nitrogens with two attached hydrogens (primary N) is 1. The number of hydrogen-bond donors (Lipinski definition) is 4. The number of hydrogen-bond acceptors (Lipinski definition) is 6. The van der Waals surface area contributed by atoms with Gasteiger partial charge in [-0.3, -0.25) is 9.78 Å². The molecule has 1 fully saturated rings. The molecule has 5 N–H and O–H groups in total. The van der Waals surface area contributed by atoms with Crippen LogP contribution in [0.5, 0.6) is 0 Å². The number of alkyl halides is 2. The van der Waals surface area contributed by atoms with E-state index in [1.165, 1.54) is 12.3 Å². The molecule has 0 amide bonds. The van der Waals surface area contributed by atoms with Crippen LogP contribution in [0.3, 0.4) is 0 Å². The van der Waals surface area contributed by atoms with Gasteiger partial charge in [0.2, 0.25) is 11.6 Å². The van der Waals surface area contributed by atoms with Gasteiger partial charge in [0.25, 0.3) is 5.56 Å². The number of nitrogen functional groups attached to an aromatic ring is 1. The highest BCUT2D eigenvalue weighted by Gasteiger charge is 2.57. The van der Waals surface area contributed by atoms with Crippen LogP contribution in [0, 0.1) is 11.8 Å². The zero-order chi connectivity index (χ0) is 17.5. The van der Waals surface area contributed by atoms with Crippen LogP contribution < -0.4 is 11.3 Å². The summed E-state index contributed by atoms with van der Waals surface area (Å²) in [5.74, 6) is 3.75. The van der Waals surface area contributed by atoms with Crippen molar-refractivity contribution in [2.24, 2.45) is 0 Å². The second-order valence-corrected chi connectivity index (χ2v) is 5.27. The maximum atomic E-state index is 15.3. The van der Waals surface area contributed by atoms with Crippen molar-refractivity contribution in [3.8, 4) is 11.8 Å². The number of halogens is 2. The van der Waals surface area contributed by atoms with Crippen LogP contribution in [0.1, 0.15) is 6.23 Å². The Morgan fingerprint density at radius 3 is 3.00 bits per heavy atom. The van der Waals surface area contributed by atoms with Crippen molar-refractivity contribution in [1.82, 2.24) is 14.5 Å². The highest BCUT2D eigenvalue weighted by molar-refractivity contribution is 5.76. The van der Waals surface area contributed by atoms with Crippen molar-refractivity contribution in [1.29, 1.82) is 0 Å². The fraction of sp³-hybridized carbons (Fsp3) is 0.429. The van der Waals surface area contributed by atoms with Crippen molar-refractivity contribution in [2.45, 2.75) is 24.1 Å². The van der Waals surface area contributed by atoms with Gasteiger partial charge in [-0.05, 0) is 6.07 Å². The molecule has 2 aromatic heterocycles. The molecule has 1 unspecified atom stereocenters. The van der Waals surface area contributed by atoms with Gasteiger partial charge in [-0.25, -0.2) is 8.78 Å². The summed E-state index contributed by atoms with van der Waals surface area (Å²) in [7, 11) is 0. The van der Waals surface area contributed by atoms with Crippen molar-refractivity contribution in [2.75, 3.05) is 19.0 Å². The second-order valence-electron chi connectivity index (χ2n) is 5.27. The summed E-state index contributed by atoms with van der Waals surface area (Å²) in [4.78, 5) is 18.1. The molecule has 3 rings (SSSR count). The fourth-order valence-corrected chi connectivity index (χ4v) is 2.72. The summed E-state index contributed by atoms with van der Waals surface area (Å²) in [6.45, 7) is -1.79. The average molecular weight is 340 g/mol. The number of ether oxygens (including phenoxy) is 1. The van der Waals surface area contributed by atoms with Crippen LogP contribution in [0.15, 0.2) is 17.1 Å². The number of anilines is 1. The summed E-state index contributed by atoms with van der Waals surface area (Å²) in [6.07, 6.45) is -3.32. The van der Waals surface area contributed by atoms with Gasteiger partial charge in [0, 0.05) is 6.20 Å². The van der Waals surface area contributed by atoms with Gasteiger partial charge >= 0.3 is 0 Å². The number of fused-ring (bicyclic) bond motifs is 1. The molecule has 128 valence electrons. The predicted octanol–water partition coefficient (Wildman–Crippen LogP) is -0.761. The number of aliphatic hydroxyl groups is 2. The Morgan fingerprint density at radius 1 is 1.58 bits per heavy atom. The first-order valence-corrected chi connectivity index (χ1v) is 6.98. The van der Waals surface area contributed by atoms with Crippen molar-refractivity contribution < 1.29 is 23.7 Å². The molecule has 0 aromatic carbocycles. The lowest BCUT2D eigenvalue weighted by Gasteiger charge is -2.24. The van der Waals surface area contributed by atoms with E-state index in [9.17, 15) is 19.4 Å². The molecule has 24 heavy (non-hydrogen) atoms. The lowest BCUT2D eigenvalue weighted by Crippen LogP contribution is -2.42. The van der Waals surface area contributed by atoms with Crippen LogP contribution in [0.25, 0.3) is 11.0 Å². The number of aromatic amines is 1. The maximum absolute atomic E-state index is 15.3. The molecule has 0 bridgehead atoms. The van der Waals surface area contributed by atoms with Crippen LogP contribution >= 0.6 is 0 Å². The molecule has 2 aromatic rings. The van der Waals surface area contributed by atoms with Crippen LogP contribution in [0.4, 0.5) is 14.7 Å². The number of aliphatic hydroxyl groups excluding tert-OH is 2. The fourth-order valence-electron chi connectivity index (χ4n) is 2.72. The third kappa shape index (κ3) is 2.34. The monoisotopic (exact) mass is 340 g/mol. The number of nitrogens with one attached hydrogen (secondary N) is 1. The van der Waals surface area contributed by atoms with E-state index in [0.29, 0.717) is 0 Å². The zero-order valence-electron chi connectivity index (χ0n) is 12.2. The molecule has 1 aliphatic rings. The molecule has 3 heterocycles. The molecule has 0 saturated carbocycles. The first-order valence-electron chi connectivity index (χ1n) is 6.98. The van der Waals surface area contributed by atoms with Gasteiger partial charge in [-0.15, -0.1) is 0 Å². The van der Waals surface area contributed by atoms with E-state index in [1.807, 2.05) is 11.8 Å². The summed E-state index contributed by atoms with van der Waals surface area (Å²) in [6, 6.07) is 1.37. The Bertz CT molecular complexity index is 886. The van der Waals surface area contributed by atoms with Crippen LogP contribution in [-0.4, -0.2) is 55.9 Å². The van der Waals surface area contributed by atoms with Crippen LogP contribution in [-0.2, 0) is 4.74 Å². The van der Waals surface area contributed by atoms with Gasteiger partial charge in [0.1, 0.15) is 18.9 Å². The van der Waals surface area contributed by atoms with E-state index in [2.05, 4.69) is 9.97 Å². The molecule has 0 aliphatic carbocycles. The number of nitrogens with zero attached hydrogens (tertiary/aromatic N) is 2. The molecular formula is C14H14F2N4O4. The Labute approximate surface area is 133 Å². The van der Waals surface area contributed by atoms with Gasteiger partial charge in [-0.2, -0.15) is 4.98 Å². The molecule has 4 atom stereocenters. The largest absolute Gasteiger partial charge is 0.394 e. The van der Waals surface area contributed by atoms with E-state index in [4.69, 9.17) is 10.5 Å². The Morgan fingerprint density at radius 2 is 2.33 bits per heavy atom. The number of H-pyrrole nitrogens is 1. The molecule has 0 radical (unpaired) electrons. The van der Waals surface area contributed by atoms with Gasteiger partial charge in [0.05, 0.1) is 12.0 Å². The Kier molecular flexibility index (Phi) is 4.00. The topological polar surface area (TPSA) is 126 Å². The summed E-state index contributed by atoms with van der Waals surface area (Å²) < 4.78 is 34.1. The standard InChI is InChI=1S/C14H14F2N4O4/c15-4-1-3-14(16)9(22)8(6-21)24-12(14)20-5-2-7-10(20)18-13(17)19-11(7)23/h2,5,8-9,12,21-22H,4,6H2,(H3,17,18,19,23)/t8-,9+,12-,14?/m1/s1. The van der Waals surface area contributed by atoms with E-state index in [1.54, 1.807) is 0 Å². The highest BCUT2D eigenvalue weighted by atomic mass is 19.1. The van der Waals surface area contributed by atoms with E-state index >= 15 is 4.39 Å². The smallest absolute Gasteiger partial charge is 0.261 e. The average Bonchev–Trinajstić information content (AvgIpc) is 3.06. The minimum absolute atomic E-state index is 0.0103. The first kappa shape index (κ1) is 16.4. The predicted molar refractivity (Wildman–Crippen MR) is 79.4 cm³/mol. The number of rotatable bonds is 2. The number of aromatic nitrogens is 3. The van der Waals surface area contributed by atoms with E-state index in [-0.39, 0.29) is 17.0 Å². The summed E-state index contributed by atoms with van der Waals surface area (Å²) in [5.41, 5.74) is 2.27. The maximum Gasteiger partial charge on any atom is 0.261 e. The minimum Gasteiger partial charge on any atom is -0.394 e. The Balaban J connectivity index is 2.18. The molecule has 1 saturated heterocycles. The van der Waals surface area contributed by atoms with Crippen molar-refractivity contribution in [3.63, 3.8) is 0 Å². The lowest BCUT2D eigenvalue weighted by atomic mass is 9.96. The molecular weight excluding hydrogens is 326 g/mol. The minimum atomic E-state index is -2.70. The van der Waals surface area contributed by atoms with Crippen molar-refractivity contribution in [3.05, 3.63) is 22.6 Å². The third-order valence-corrected chi connectivity index (χ3v) is 3.82. The van der Waals surface area contributed by atoms with E-state index < -0.39 is 42.9 Å².